The quantitative estimate of drug-likeness (QED) is 0.870. The van der Waals surface area contributed by atoms with Gasteiger partial charge in [-0.1, -0.05) is 22.0 Å². The molecule has 104 valence electrons. The number of nitrogens with zero attached hydrogens (tertiary/aromatic N) is 1. The van der Waals surface area contributed by atoms with E-state index in [0.29, 0.717) is 0 Å². The van der Waals surface area contributed by atoms with Gasteiger partial charge in [-0.15, -0.1) is 24.8 Å². The Labute approximate surface area is 128 Å². The summed E-state index contributed by atoms with van der Waals surface area (Å²) in [4.78, 5) is 2.31. The molecule has 1 aliphatic rings. The van der Waals surface area contributed by atoms with E-state index in [-0.39, 0.29) is 36.7 Å². The van der Waals surface area contributed by atoms with E-state index in [1.165, 1.54) is 6.07 Å². The first-order valence-electron chi connectivity index (χ1n) is 5.59. The molecule has 6 heteroatoms. The zero-order valence-electron chi connectivity index (χ0n) is 10.2. The molecule has 2 nitrogen and oxygen atoms in total. The number of benzene rings is 1. The van der Waals surface area contributed by atoms with Gasteiger partial charge in [-0.05, 0) is 19.1 Å². The lowest BCUT2D eigenvalue weighted by Crippen LogP contribution is -2.44. The maximum atomic E-state index is 13.8. The van der Waals surface area contributed by atoms with Gasteiger partial charge in [0, 0.05) is 42.3 Å². The summed E-state index contributed by atoms with van der Waals surface area (Å²) in [6, 6.07) is 5.28. The predicted octanol–water partition coefficient (Wildman–Crippen LogP) is 3.40. The predicted molar refractivity (Wildman–Crippen MR) is 81.5 cm³/mol. The number of hydrogen-bond acceptors (Lipinski definition) is 2. The van der Waals surface area contributed by atoms with Gasteiger partial charge in [0.15, 0.2) is 0 Å². The molecule has 1 aliphatic heterocycles. The summed E-state index contributed by atoms with van der Waals surface area (Å²) in [7, 11) is 0. The molecule has 0 aliphatic carbocycles. The minimum Gasteiger partial charge on any atom is -0.314 e. The Morgan fingerprint density at radius 1 is 1.28 bits per heavy atom. The Morgan fingerprint density at radius 3 is 2.44 bits per heavy atom. The van der Waals surface area contributed by atoms with Crippen LogP contribution in [0.4, 0.5) is 4.39 Å². The number of nitrogens with one attached hydrogen (secondary N) is 1. The van der Waals surface area contributed by atoms with E-state index in [1.54, 1.807) is 6.07 Å². The van der Waals surface area contributed by atoms with E-state index in [2.05, 4.69) is 33.1 Å². The van der Waals surface area contributed by atoms with Crippen molar-refractivity contribution in [2.75, 3.05) is 26.2 Å². The van der Waals surface area contributed by atoms with Crippen molar-refractivity contribution in [3.05, 3.63) is 34.1 Å². The second-order valence-corrected chi connectivity index (χ2v) is 4.95. The van der Waals surface area contributed by atoms with Gasteiger partial charge >= 0.3 is 0 Å². The zero-order chi connectivity index (χ0) is 11.5. The second-order valence-electron chi connectivity index (χ2n) is 4.10. The smallest absolute Gasteiger partial charge is 0.129 e. The standard InChI is InChI=1S/C12H16BrFN2.2ClH/c1-9(16-7-5-15-6-8-16)12-10(13)3-2-4-11(12)14;;/h2-4,9,15H,5-8H2,1H3;2*1H/t9-;;/m1../s1. The van der Waals surface area contributed by atoms with Crippen LogP contribution < -0.4 is 5.32 Å². The second kappa shape index (κ2) is 8.33. The van der Waals surface area contributed by atoms with Gasteiger partial charge < -0.3 is 5.32 Å². The maximum absolute atomic E-state index is 13.8. The highest BCUT2D eigenvalue weighted by Gasteiger charge is 2.22. The summed E-state index contributed by atoms with van der Waals surface area (Å²) in [5.41, 5.74) is 0.768. The Kier molecular flexibility index (Phi) is 8.39. The maximum Gasteiger partial charge on any atom is 0.129 e. The molecular formula is C12H18BrCl2FN2. The Balaban J connectivity index is 0.00000144. The van der Waals surface area contributed by atoms with E-state index < -0.39 is 0 Å². The van der Waals surface area contributed by atoms with Crippen LogP contribution in [0.25, 0.3) is 0 Å². The molecule has 1 heterocycles. The van der Waals surface area contributed by atoms with Gasteiger partial charge in [-0.25, -0.2) is 4.39 Å². The number of piperazine rings is 1. The molecule has 0 bridgehead atoms. The third-order valence-corrected chi connectivity index (χ3v) is 3.81. The summed E-state index contributed by atoms with van der Waals surface area (Å²) in [5.74, 6) is -0.125. The molecule has 0 radical (unpaired) electrons. The molecule has 1 saturated heterocycles. The van der Waals surface area contributed by atoms with E-state index in [4.69, 9.17) is 0 Å². The normalized spacial score (nSPS) is 17.5. The largest absolute Gasteiger partial charge is 0.314 e. The Hall–Kier alpha value is 0.130. The van der Waals surface area contributed by atoms with Crippen molar-refractivity contribution in [2.24, 2.45) is 0 Å². The van der Waals surface area contributed by atoms with Gasteiger partial charge in [-0.2, -0.15) is 0 Å². The highest BCUT2D eigenvalue weighted by atomic mass is 79.9. The first-order chi connectivity index (χ1) is 7.70. The van der Waals surface area contributed by atoms with Crippen LogP contribution in [-0.2, 0) is 0 Å². The number of halogens is 4. The molecule has 0 spiro atoms. The molecule has 0 unspecified atom stereocenters. The van der Waals surface area contributed by atoms with Crippen molar-refractivity contribution in [3.63, 3.8) is 0 Å². The Bertz CT molecular complexity index is 353. The van der Waals surface area contributed by atoms with Crippen molar-refractivity contribution in [3.8, 4) is 0 Å². The van der Waals surface area contributed by atoms with Crippen LogP contribution in [0.1, 0.15) is 18.5 Å². The molecule has 1 atom stereocenters. The van der Waals surface area contributed by atoms with E-state index in [1.807, 2.05) is 6.07 Å². The molecule has 1 aromatic rings. The van der Waals surface area contributed by atoms with Crippen LogP contribution >= 0.6 is 40.7 Å². The minimum absolute atomic E-state index is 0. The fraction of sp³-hybridized carbons (Fsp3) is 0.500. The molecular weight excluding hydrogens is 342 g/mol. The van der Waals surface area contributed by atoms with E-state index in [9.17, 15) is 4.39 Å². The lowest BCUT2D eigenvalue weighted by molar-refractivity contribution is 0.182. The Morgan fingerprint density at radius 2 is 1.89 bits per heavy atom. The van der Waals surface area contributed by atoms with Gasteiger partial charge in [0.05, 0.1) is 0 Å². The molecule has 1 N–H and O–H groups in total. The highest BCUT2D eigenvalue weighted by Crippen LogP contribution is 2.29. The summed E-state index contributed by atoms with van der Waals surface area (Å²) in [5, 5.41) is 3.30. The first kappa shape index (κ1) is 18.1. The molecule has 0 amide bonds. The topological polar surface area (TPSA) is 15.3 Å². The van der Waals surface area contributed by atoms with Gasteiger partial charge in [0.2, 0.25) is 0 Å². The van der Waals surface area contributed by atoms with Crippen molar-refractivity contribution in [2.45, 2.75) is 13.0 Å². The fourth-order valence-corrected chi connectivity index (χ4v) is 2.84. The van der Waals surface area contributed by atoms with E-state index >= 15 is 0 Å². The lowest BCUT2D eigenvalue weighted by atomic mass is 10.1. The first-order valence-corrected chi connectivity index (χ1v) is 6.38. The summed E-state index contributed by atoms with van der Waals surface area (Å²) in [6.45, 7) is 5.98. The van der Waals surface area contributed by atoms with Crippen molar-refractivity contribution in [1.82, 2.24) is 10.2 Å². The van der Waals surface area contributed by atoms with Crippen molar-refractivity contribution in [1.29, 1.82) is 0 Å². The molecule has 1 fully saturated rings. The number of rotatable bonds is 2. The summed E-state index contributed by atoms with van der Waals surface area (Å²) in [6.07, 6.45) is 0. The average molecular weight is 360 g/mol. The zero-order valence-corrected chi connectivity index (χ0v) is 13.4. The van der Waals surface area contributed by atoms with Crippen LogP contribution in [0.3, 0.4) is 0 Å². The number of hydrogen-bond donors (Lipinski definition) is 1. The third kappa shape index (κ3) is 4.07. The van der Waals surface area contributed by atoms with Crippen LogP contribution in [0.2, 0.25) is 0 Å². The fourth-order valence-electron chi connectivity index (χ4n) is 2.16. The van der Waals surface area contributed by atoms with Crippen LogP contribution in [0, 0.1) is 5.82 Å². The molecule has 0 aromatic heterocycles. The van der Waals surface area contributed by atoms with Crippen LogP contribution in [0.5, 0.6) is 0 Å². The summed E-state index contributed by atoms with van der Waals surface area (Å²) >= 11 is 3.43. The molecule has 1 aromatic carbocycles. The lowest BCUT2D eigenvalue weighted by Gasteiger charge is -2.33. The third-order valence-electron chi connectivity index (χ3n) is 3.12. The van der Waals surface area contributed by atoms with Crippen molar-refractivity contribution >= 4 is 40.7 Å². The van der Waals surface area contributed by atoms with Gasteiger partial charge in [0.1, 0.15) is 5.82 Å². The SMILES string of the molecule is C[C@H](c1c(F)cccc1Br)N1CCNCC1.Cl.Cl. The van der Waals surface area contributed by atoms with E-state index in [0.717, 1.165) is 36.2 Å². The minimum atomic E-state index is -0.125. The monoisotopic (exact) mass is 358 g/mol. The highest BCUT2D eigenvalue weighted by molar-refractivity contribution is 9.10. The molecule has 0 saturated carbocycles. The summed E-state index contributed by atoms with van der Waals surface area (Å²) < 4.78 is 14.6. The molecule has 2 rings (SSSR count). The van der Waals surface area contributed by atoms with Crippen molar-refractivity contribution < 1.29 is 4.39 Å². The van der Waals surface area contributed by atoms with Crippen LogP contribution in [-0.4, -0.2) is 31.1 Å². The van der Waals surface area contributed by atoms with Crippen LogP contribution in [0.15, 0.2) is 22.7 Å². The van der Waals surface area contributed by atoms with Gasteiger partial charge in [0.25, 0.3) is 0 Å². The van der Waals surface area contributed by atoms with Gasteiger partial charge in [-0.3, -0.25) is 4.90 Å². The molecule has 18 heavy (non-hydrogen) atoms. The average Bonchev–Trinajstić information content (AvgIpc) is 2.30.